The van der Waals surface area contributed by atoms with Crippen LogP contribution in [0.15, 0.2) is 47.3 Å². The average Bonchev–Trinajstić information content (AvgIpc) is 2.72. The molecule has 0 radical (unpaired) electrons. The highest BCUT2D eigenvalue weighted by Crippen LogP contribution is 2.23. The maximum Gasteiger partial charge on any atom is 0.281 e. The Kier molecular flexibility index (Phi) is 5.54. The van der Waals surface area contributed by atoms with Crippen LogP contribution >= 0.6 is 11.6 Å². The van der Waals surface area contributed by atoms with E-state index in [2.05, 4.69) is 22.0 Å². The van der Waals surface area contributed by atoms with Gasteiger partial charge in [0.15, 0.2) is 0 Å². The summed E-state index contributed by atoms with van der Waals surface area (Å²) in [5.74, 6) is -0.247. The summed E-state index contributed by atoms with van der Waals surface area (Å²) in [4.78, 5) is 20.0. The predicted octanol–water partition coefficient (Wildman–Crippen LogP) is 2.66. The predicted molar refractivity (Wildman–Crippen MR) is 113 cm³/mol. The molecule has 8 heteroatoms. The van der Waals surface area contributed by atoms with Crippen LogP contribution in [-0.2, 0) is 6.54 Å². The summed E-state index contributed by atoms with van der Waals surface area (Å²) in [5.41, 5.74) is 6.92. The fourth-order valence-corrected chi connectivity index (χ4v) is 3.96. The largest absolute Gasteiger partial charge is 0.322 e. The Morgan fingerprint density at radius 3 is 2.48 bits per heavy atom. The first-order valence-electron chi connectivity index (χ1n) is 9.63. The van der Waals surface area contributed by atoms with Crippen molar-refractivity contribution in [1.29, 1.82) is 0 Å². The molecule has 1 fully saturated rings. The summed E-state index contributed by atoms with van der Waals surface area (Å²) in [7, 11) is 0. The molecule has 1 unspecified atom stereocenters. The molecule has 1 aliphatic heterocycles. The minimum atomic E-state index is -0.580. The molecule has 2 N–H and O–H groups in total. The van der Waals surface area contributed by atoms with Crippen molar-refractivity contribution in [2.75, 3.05) is 31.2 Å². The lowest BCUT2D eigenvalue weighted by Gasteiger charge is -2.37. The summed E-state index contributed by atoms with van der Waals surface area (Å²) in [6, 6.07) is 12.3. The van der Waals surface area contributed by atoms with E-state index >= 15 is 0 Å². The number of benzene rings is 2. The lowest BCUT2D eigenvalue weighted by Crippen LogP contribution is -2.55. The van der Waals surface area contributed by atoms with Gasteiger partial charge in [0.1, 0.15) is 17.2 Å². The highest BCUT2D eigenvalue weighted by atomic mass is 35.5. The summed E-state index contributed by atoms with van der Waals surface area (Å²) in [5, 5.41) is 2.20. The van der Waals surface area contributed by atoms with Gasteiger partial charge >= 0.3 is 0 Å². The number of fused-ring (bicyclic) bond motifs is 1. The van der Waals surface area contributed by atoms with E-state index in [9.17, 15) is 9.18 Å². The van der Waals surface area contributed by atoms with Gasteiger partial charge in [0, 0.05) is 32.7 Å². The summed E-state index contributed by atoms with van der Waals surface area (Å²) < 4.78 is 15.8. The van der Waals surface area contributed by atoms with Crippen LogP contribution in [0.1, 0.15) is 24.4 Å². The second-order valence-corrected chi connectivity index (χ2v) is 7.75. The van der Waals surface area contributed by atoms with Crippen molar-refractivity contribution in [3.63, 3.8) is 0 Å². The minimum Gasteiger partial charge on any atom is -0.322 e. The molecule has 2 aromatic carbocycles. The van der Waals surface area contributed by atoms with Gasteiger partial charge in [-0.3, -0.25) is 9.69 Å². The van der Waals surface area contributed by atoms with Gasteiger partial charge in [-0.15, -0.1) is 0 Å². The molecule has 0 aliphatic carbocycles. The molecule has 1 aliphatic rings. The van der Waals surface area contributed by atoms with Crippen LogP contribution in [-0.4, -0.2) is 40.7 Å². The van der Waals surface area contributed by atoms with E-state index in [1.54, 1.807) is 6.92 Å². The van der Waals surface area contributed by atoms with E-state index in [0.29, 0.717) is 18.9 Å². The van der Waals surface area contributed by atoms with Crippen LogP contribution in [0.2, 0.25) is 5.02 Å². The van der Waals surface area contributed by atoms with E-state index in [4.69, 9.17) is 17.3 Å². The van der Waals surface area contributed by atoms with Gasteiger partial charge in [-0.1, -0.05) is 41.9 Å². The summed E-state index contributed by atoms with van der Waals surface area (Å²) >= 11 is 6.21. The number of nitrogens with two attached hydrogens (primary N) is 1. The van der Waals surface area contributed by atoms with E-state index in [0.717, 1.165) is 19.6 Å². The van der Waals surface area contributed by atoms with E-state index < -0.39 is 11.9 Å². The fraction of sp³-hybridized carbons (Fsp3) is 0.333. The number of hydrogen-bond donors (Lipinski definition) is 1. The van der Waals surface area contributed by atoms with Crippen LogP contribution < -0.4 is 16.3 Å². The highest BCUT2D eigenvalue weighted by molar-refractivity contribution is 6.35. The van der Waals surface area contributed by atoms with Gasteiger partial charge in [0.25, 0.3) is 5.56 Å². The van der Waals surface area contributed by atoms with E-state index in [1.807, 2.05) is 23.2 Å². The van der Waals surface area contributed by atoms with Crippen LogP contribution in [0.5, 0.6) is 0 Å². The Bertz CT molecular complexity index is 1080. The smallest absolute Gasteiger partial charge is 0.281 e. The molecular weight excluding hydrogens is 393 g/mol. The molecule has 0 amide bonds. The van der Waals surface area contributed by atoms with Gasteiger partial charge in [0.05, 0.1) is 16.5 Å². The normalized spacial score (nSPS) is 16.3. The SMILES string of the molecule is CC(N)c1nc2c(F)ccc(Cl)c2c(=O)n1N1CCN(Cc2ccccc2)CC1. The molecular formula is C21H23ClFN5O. The minimum absolute atomic E-state index is 0.0336. The van der Waals surface area contributed by atoms with E-state index in [1.165, 1.54) is 22.4 Å². The molecule has 6 nitrogen and oxygen atoms in total. The third-order valence-electron chi connectivity index (χ3n) is 5.22. The number of halogens is 2. The van der Waals surface area contributed by atoms with Gasteiger partial charge in [-0.25, -0.2) is 14.1 Å². The maximum atomic E-state index is 14.3. The third-order valence-corrected chi connectivity index (χ3v) is 5.53. The van der Waals surface area contributed by atoms with Crippen molar-refractivity contribution in [1.82, 2.24) is 14.6 Å². The quantitative estimate of drug-likeness (QED) is 0.709. The third kappa shape index (κ3) is 3.85. The van der Waals surface area contributed by atoms with Gasteiger partial charge in [-0.05, 0) is 24.6 Å². The molecule has 1 atom stereocenters. The molecule has 1 saturated heterocycles. The number of piperazine rings is 1. The van der Waals surface area contributed by atoms with Crippen molar-refractivity contribution in [3.05, 3.63) is 75.0 Å². The Morgan fingerprint density at radius 1 is 1.14 bits per heavy atom. The highest BCUT2D eigenvalue weighted by Gasteiger charge is 2.25. The zero-order valence-electron chi connectivity index (χ0n) is 16.2. The molecule has 4 rings (SSSR count). The van der Waals surface area contributed by atoms with Gasteiger partial charge in [-0.2, -0.15) is 0 Å². The Labute approximate surface area is 173 Å². The second kappa shape index (κ2) is 8.10. The molecule has 2 heterocycles. The van der Waals surface area contributed by atoms with Crippen LogP contribution in [0, 0.1) is 5.82 Å². The second-order valence-electron chi connectivity index (χ2n) is 7.34. The lowest BCUT2D eigenvalue weighted by atomic mass is 10.2. The van der Waals surface area contributed by atoms with Crippen molar-refractivity contribution < 1.29 is 4.39 Å². The van der Waals surface area contributed by atoms with Crippen molar-refractivity contribution in [2.45, 2.75) is 19.5 Å². The molecule has 152 valence electrons. The molecule has 29 heavy (non-hydrogen) atoms. The number of aromatic nitrogens is 2. The topological polar surface area (TPSA) is 67.4 Å². The Morgan fingerprint density at radius 2 is 1.83 bits per heavy atom. The zero-order valence-corrected chi connectivity index (χ0v) is 16.9. The maximum absolute atomic E-state index is 14.3. The van der Waals surface area contributed by atoms with Gasteiger partial charge < -0.3 is 10.7 Å². The van der Waals surface area contributed by atoms with Crippen LogP contribution in [0.3, 0.4) is 0 Å². The standard InChI is InChI=1S/C21H23ClFN5O/c1-14(24)20-25-19-17(23)8-7-16(22)18(19)21(29)28(20)27-11-9-26(10-12-27)13-15-5-3-2-4-6-15/h2-8,14H,9-13,24H2,1H3. The molecule has 3 aromatic rings. The molecule has 0 spiro atoms. The van der Waals surface area contributed by atoms with Crippen LogP contribution in [0.25, 0.3) is 10.9 Å². The average molecular weight is 416 g/mol. The van der Waals surface area contributed by atoms with Crippen LogP contribution in [0.4, 0.5) is 4.39 Å². The molecule has 1 aromatic heterocycles. The number of rotatable bonds is 4. The first kappa shape index (κ1) is 19.8. The molecule has 0 bridgehead atoms. The van der Waals surface area contributed by atoms with Crippen molar-refractivity contribution in [3.8, 4) is 0 Å². The lowest BCUT2D eigenvalue weighted by molar-refractivity contribution is 0.229. The first-order chi connectivity index (χ1) is 14.0. The monoisotopic (exact) mass is 415 g/mol. The first-order valence-corrected chi connectivity index (χ1v) is 10.0. The van der Waals surface area contributed by atoms with Crippen molar-refractivity contribution in [2.24, 2.45) is 5.73 Å². The zero-order chi connectivity index (χ0) is 20.5. The summed E-state index contributed by atoms with van der Waals surface area (Å²) in [6.45, 7) is 5.43. The van der Waals surface area contributed by atoms with Crippen molar-refractivity contribution >= 4 is 22.5 Å². The Hall–Kier alpha value is -2.48. The fourth-order valence-electron chi connectivity index (χ4n) is 3.73. The molecule has 0 saturated carbocycles. The number of hydrogen-bond acceptors (Lipinski definition) is 5. The summed E-state index contributed by atoms with van der Waals surface area (Å²) in [6.07, 6.45) is 0. The van der Waals surface area contributed by atoms with E-state index in [-0.39, 0.29) is 21.5 Å². The Balaban J connectivity index is 1.66. The van der Waals surface area contributed by atoms with Gasteiger partial charge in [0.2, 0.25) is 0 Å². The number of nitrogens with zero attached hydrogens (tertiary/aromatic N) is 4.